The van der Waals surface area contributed by atoms with Crippen LogP contribution in [0.2, 0.25) is 0 Å². The lowest BCUT2D eigenvalue weighted by Crippen LogP contribution is -2.50. The summed E-state index contributed by atoms with van der Waals surface area (Å²) in [5.41, 5.74) is 4.76. The quantitative estimate of drug-likeness (QED) is 0.577. The number of hydrazine groups is 1. The zero-order valence-corrected chi connectivity index (χ0v) is 11.8. The Morgan fingerprint density at radius 2 is 2.10 bits per heavy atom. The summed E-state index contributed by atoms with van der Waals surface area (Å²) in [6.45, 7) is 3.88. The number of hydrogen-bond acceptors (Lipinski definition) is 3. The molecular weight excluding hydrogens is 288 g/mol. The molecule has 0 saturated heterocycles. The van der Waals surface area contributed by atoms with E-state index < -0.39 is 23.6 Å². The summed E-state index contributed by atoms with van der Waals surface area (Å²) in [5.74, 6) is -2.34. The number of hydrogen-bond donors (Lipinski definition) is 3. The van der Waals surface area contributed by atoms with Crippen molar-refractivity contribution in [2.24, 2.45) is 0 Å². The lowest BCUT2D eigenvalue weighted by atomic mass is 10.3. The summed E-state index contributed by atoms with van der Waals surface area (Å²) in [6, 6.07) is 2.84. The normalized spacial score (nSPS) is 11.4. The van der Waals surface area contributed by atoms with Gasteiger partial charge in [-0.05, 0) is 38.2 Å². The van der Waals surface area contributed by atoms with E-state index in [1.54, 1.807) is 0 Å². The maximum absolute atomic E-state index is 13.3. The molecule has 3 N–H and O–H groups in total. The van der Waals surface area contributed by atoms with Gasteiger partial charge in [-0.15, -0.1) is 0 Å². The van der Waals surface area contributed by atoms with Crippen LogP contribution in [-0.4, -0.2) is 23.7 Å². The number of benzene rings is 1. The van der Waals surface area contributed by atoms with Crippen LogP contribution in [0.15, 0.2) is 18.2 Å². The van der Waals surface area contributed by atoms with Gasteiger partial charge in [0.15, 0.2) is 22.8 Å². The number of carbonyl (C=O) groups is 1. The topological polar surface area (TPSA) is 62.4 Å². The van der Waals surface area contributed by atoms with E-state index in [9.17, 15) is 13.6 Å². The van der Waals surface area contributed by atoms with E-state index in [0.29, 0.717) is 12.6 Å². The van der Waals surface area contributed by atoms with Crippen LogP contribution in [0, 0.1) is 11.6 Å². The van der Waals surface area contributed by atoms with Gasteiger partial charge in [0.05, 0.1) is 0 Å². The summed E-state index contributed by atoms with van der Waals surface area (Å²) in [7, 11) is 0. The Morgan fingerprint density at radius 1 is 1.40 bits per heavy atom. The van der Waals surface area contributed by atoms with Crippen molar-refractivity contribution in [2.75, 3.05) is 6.54 Å². The van der Waals surface area contributed by atoms with Gasteiger partial charge in [-0.25, -0.2) is 8.78 Å². The maximum atomic E-state index is 13.3. The number of thiocarbonyl (C=S) groups is 1. The largest absolute Gasteiger partial charge is 0.478 e. The molecule has 1 aromatic carbocycles. The predicted octanol–water partition coefficient (Wildman–Crippen LogP) is 1.25. The fraction of sp³-hybridized carbons (Fsp3) is 0.333. The highest BCUT2D eigenvalue weighted by atomic mass is 32.1. The molecule has 0 radical (unpaired) electrons. The van der Waals surface area contributed by atoms with E-state index in [4.69, 9.17) is 17.0 Å². The number of ether oxygens (including phenoxy) is 1. The molecule has 8 heteroatoms. The first-order valence-corrected chi connectivity index (χ1v) is 6.30. The van der Waals surface area contributed by atoms with Crippen molar-refractivity contribution in [3.05, 3.63) is 29.8 Å². The molecule has 0 aliphatic rings. The van der Waals surface area contributed by atoms with Crippen LogP contribution in [0.5, 0.6) is 5.75 Å². The van der Waals surface area contributed by atoms with Crippen LogP contribution in [0.25, 0.3) is 0 Å². The smallest absolute Gasteiger partial charge is 0.279 e. The molecule has 0 aromatic heterocycles. The second-order valence-electron chi connectivity index (χ2n) is 3.81. The van der Waals surface area contributed by atoms with E-state index in [2.05, 4.69) is 16.2 Å². The molecule has 1 atom stereocenters. The van der Waals surface area contributed by atoms with Gasteiger partial charge in [0, 0.05) is 12.6 Å². The first-order valence-electron chi connectivity index (χ1n) is 5.89. The predicted molar refractivity (Wildman–Crippen MR) is 74.0 cm³/mol. The SMILES string of the molecule is CCNC(=S)NNC(=O)[C@H](C)Oc1ccc(F)cc1F. The molecule has 20 heavy (non-hydrogen) atoms. The van der Waals surface area contributed by atoms with Crippen molar-refractivity contribution < 1.29 is 18.3 Å². The van der Waals surface area contributed by atoms with Crippen LogP contribution in [0.1, 0.15) is 13.8 Å². The Hall–Kier alpha value is -1.96. The second kappa shape index (κ2) is 7.59. The first-order chi connectivity index (χ1) is 9.43. The van der Waals surface area contributed by atoms with Crippen LogP contribution in [-0.2, 0) is 4.79 Å². The van der Waals surface area contributed by atoms with Crippen molar-refractivity contribution in [2.45, 2.75) is 20.0 Å². The lowest BCUT2D eigenvalue weighted by Gasteiger charge is -2.16. The number of carbonyl (C=O) groups excluding carboxylic acids is 1. The maximum Gasteiger partial charge on any atom is 0.279 e. The van der Waals surface area contributed by atoms with Gasteiger partial charge in [0.2, 0.25) is 0 Å². The molecule has 110 valence electrons. The highest BCUT2D eigenvalue weighted by Crippen LogP contribution is 2.18. The molecule has 1 rings (SSSR count). The van der Waals surface area contributed by atoms with E-state index in [1.807, 2.05) is 6.92 Å². The van der Waals surface area contributed by atoms with Gasteiger partial charge < -0.3 is 10.1 Å². The fourth-order valence-corrected chi connectivity index (χ4v) is 1.43. The highest BCUT2D eigenvalue weighted by Gasteiger charge is 2.16. The van der Waals surface area contributed by atoms with Gasteiger partial charge in [0.25, 0.3) is 5.91 Å². The Labute approximate surface area is 120 Å². The fourth-order valence-electron chi connectivity index (χ4n) is 1.24. The highest BCUT2D eigenvalue weighted by molar-refractivity contribution is 7.80. The third-order valence-corrected chi connectivity index (χ3v) is 2.45. The molecule has 0 fully saturated rings. The van der Waals surface area contributed by atoms with Gasteiger partial charge in [-0.2, -0.15) is 0 Å². The van der Waals surface area contributed by atoms with Crippen LogP contribution < -0.4 is 20.9 Å². The van der Waals surface area contributed by atoms with Gasteiger partial charge in [0.1, 0.15) is 5.82 Å². The summed E-state index contributed by atoms with van der Waals surface area (Å²) in [6.07, 6.45) is -0.980. The number of nitrogens with one attached hydrogen (secondary N) is 3. The van der Waals surface area contributed by atoms with Crippen molar-refractivity contribution in [3.8, 4) is 5.75 Å². The van der Waals surface area contributed by atoms with Crippen molar-refractivity contribution in [1.82, 2.24) is 16.2 Å². The third kappa shape index (κ3) is 4.96. The van der Waals surface area contributed by atoms with Crippen molar-refractivity contribution in [1.29, 1.82) is 0 Å². The summed E-state index contributed by atoms with van der Waals surface area (Å²) >= 11 is 4.84. The lowest BCUT2D eigenvalue weighted by molar-refractivity contribution is -0.127. The Balaban J connectivity index is 2.51. The third-order valence-electron chi connectivity index (χ3n) is 2.20. The van der Waals surface area contributed by atoms with Gasteiger partial charge >= 0.3 is 0 Å². The van der Waals surface area contributed by atoms with E-state index in [1.165, 1.54) is 6.92 Å². The van der Waals surface area contributed by atoms with Crippen LogP contribution in [0.4, 0.5) is 8.78 Å². The molecule has 0 unspecified atom stereocenters. The van der Waals surface area contributed by atoms with E-state index in [-0.39, 0.29) is 10.9 Å². The number of rotatable bonds is 4. The van der Waals surface area contributed by atoms with Crippen molar-refractivity contribution >= 4 is 23.2 Å². The summed E-state index contributed by atoms with van der Waals surface area (Å²) in [5, 5.41) is 3.02. The van der Waals surface area contributed by atoms with Crippen molar-refractivity contribution in [3.63, 3.8) is 0 Å². The molecule has 0 saturated carbocycles. The van der Waals surface area contributed by atoms with Crippen LogP contribution in [0.3, 0.4) is 0 Å². The van der Waals surface area contributed by atoms with Gasteiger partial charge in [-0.1, -0.05) is 0 Å². The monoisotopic (exact) mass is 303 g/mol. The Kier molecular flexibility index (Phi) is 6.10. The first kappa shape index (κ1) is 16.1. The van der Waals surface area contributed by atoms with E-state index in [0.717, 1.165) is 12.1 Å². The average Bonchev–Trinajstić information content (AvgIpc) is 2.39. The Morgan fingerprint density at radius 3 is 2.70 bits per heavy atom. The molecule has 1 amide bonds. The van der Waals surface area contributed by atoms with Crippen LogP contribution >= 0.6 is 12.2 Å². The minimum Gasteiger partial charge on any atom is -0.478 e. The minimum absolute atomic E-state index is 0.205. The van der Waals surface area contributed by atoms with Gasteiger partial charge in [-0.3, -0.25) is 15.6 Å². The zero-order valence-electron chi connectivity index (χ0n) is 11.0. The molecule has 1 aromatic rings. The standard InChI is InChI=1S/C12H15F2N3O2S/c1-3-15-12(20)17-16-11(18)7(2)19-10-5-4-8(13)6-9(10)14/h4-7H,3H2,1-2H3,(H,16,18)(H2,15,17,20)/t7-/m0/s1. The summed E-state index contributed by atoms with van der Waals surface area (Å²) < 4.78 is 31.2. The molecule has 0 aliphatic heterocycles. The number of halogens is 2. The number of amides is 1. The molecule has 0 aliphatic carbocycles. The molecule has 0 heterocycles. The molecule has 0 spiro atoms. The molecule has 0 bridgehead atoms. The second-order valence-corrected chi connectivity index (χ2v) is 4.22. The summed E-state index contributed by atoms with van der Waals surface area (Å²) in [4.78, 5) is 11.7. The molecular formula is C12H15F2N3O2S. The van der Waals surface area contributed by atoms with E-state index >= 15 is 0 Å². The molecule has 5 nitrogen and oxygen atoms in total. The average molecular weight is 303 g/mol. The Bertz CT molecular complexity index is 500. The zero-order chi connectivity index (χ0) is 15.1. The minimum atomic E-state index is -0.980.